The summed E-state index contributed by atoms with van der Waals surface area (Å²) >= 11 is 0. The normalized spacial score (nSPS) is 17.6. The van der Waals surface area contributed by atoms with Crippen LogP contribution in [-0.4, -0.2) is 93.4 Å². The third-order valence-electron chi connectivity index (χ3n) is 8.49. The number of nitrogens with zero attached hydrogens (tertiary/aromatic N) is 9. The fourth-order valence-electron chi connectivity index (χ4n) is 6.03. The first kappa shape index (κ1) is 30.9. The van der Waals surface area contributed by atoms with Gasteiger partial charge in [0.1, 0.15) is 11.3 Å². The molecule has 5 rings (SSSR count). The number of alkyl halides is 3. The molecule has 0 bridgehead atoms. The molecule has 0 spiro atoms. The standard InChI is InChI=1S/C30H34F3N9O2/c1-5-25(43)41-14-13-39(16-20(41)11-12-34)27-22-15-35-42(24-10-8-9-23(19(24)4)30(31,32)33)28(44)26(22)36-29(37-27)40-17-21(18-40)38(6-2)7-3/h5,8-10,15,20-21H,1,6-7,11,13-14,16-18H2,2-4H3/t20-/m0/s1. The van der Waals surface area contributed by atoms with Crippen LogP contribution in [0.25, 0.3) is 16.6 Å². The van der Waals surface area contributed by atoms with Crippen molar-refractivity contribution in [2.75, 3.05) is 55.6 Å². The highest BCUT2D eigenvalue weighted by atomic mass is 19.4. The minimum absolute atomic E-state index is 0.00428. The van der Waals surface area contributed by atoms with Crippen molar-refractivity contribution in [2.24, 2.45) is 0 Å². The van der Waals surface area contributed by atoms with E-state index in [0.29, 0.717) is 49.4 Å². The van der Waals surface area contributed by atoms with Crippen LogP contribution in [0.2, 0.25) is 0 Å². The van der Waals surface area contributed by atoms with Crippen molar-refractivity contribution < 1.29 is 18.0 Å². The van der Waals surface area contributed by atoms with Crippen molar-refractivity contribution in [2.45, 2.75) is 45.5 Å². The first-order valence-electron chi connectivity index (χ1n) is 14.5. The third kappa shape index (κ3) is 5.59. The van der Waals surface area contributed by atoms with Gasteiger partial charge in [-0.05, 0) is 43.8 Å². The van der Waals surface area contributed by atoms with E-state index in [4.69, 9.17) is 4.98 Å². The fourth-order valence-corrected chi connectivity index (χ4v) is 6.03. The minimum atomic E-state index is -4.60. The summed E-state index contributed by atoms with van der Waals surface area (Å²) in [6.45, 7) is 13.1. The van der Waals surface area contributed by atoms with Crippen molar-refractivity contribution >= 4 is 28.6 Å². The van der Waals surface area contributed by atoms with E-state index in [2.05, 4.69) is 41.5 Å². The maximum Gasteiger partial charge on any atom is 0.416 e. The number of benzene rings is 1. The highest BCUT2D eigenvalue weighted by molar-refractivity contribution is 5.90. The molecule has 0 radical (unpaired) electrons. The molecule has 2 saturated heterocycles. The number of anilines is 2. The van der Waals surface area contributed by atoms with Crippen molar-refractivity contribution in [3.05, 3.63) is 58.5 Å². The summed E-state index contributed by atoms with van der Waals surface area (Å²) in [5, 5.41) is 14.1. The van der Waals surface area contributed by atoms with E-state index in [0.717, 1.165) is 23.8 Å². The molecule has 11 nitrogen and oxygen atoms in total. The predicted octanol–water partition coefficient (Wildman–Crippen LogP) is 3.15. The van der Waals surface area contributed by atoms with E-state index in [9.17, 15) is 28.0 Å². The van der Waals surface area contributed by atoms with Crippen LogP contribution < -0.4 is 15.4 Å². The van der Waals surface area contributed by atoms with Gasteiger partial charge in [-0.15, -0.1) is 0 Å². The van der Waals surface area contributed by atoms with Gasteiger partial charge < -0.3 is 14.7 Å². The Balaban J connectivity index is 1.62. The summed E-state index contributed by atoms with van der Waals surface area (Å²) < 4.78 is 42.0. The second-order valence-corrected chi connectivity index (χ2v) is 10.9. The number of amides is 1. The topological polar surface area (TPSA) is 114 Å². The van der Waals surface area contributed by atoms with Crippen molar-refractivity contribution in [3.8, 4) is 11.8 Å². The molecule has 14 heteroatoms. The van der Waals surface area contributed by atoms with Crippen molar-refractivity contribution in [1.29, 1.82) is 5.26 Å². The largest absolute Gasteiger partial charge is 0.416 e. The van der Waals surface area contributed by atoms with Crippen molar-refractivity contribution in [1.82, 2.24) is 29.5 Å². The lowest BCUT2D eigenvalue weighted by Crippen LogP contribution is -2.60. The summed E-state index contributed by atoms with van der Waals surface area (Å²) in [7, 11) is 0. The number of piperazine rings is 1. The molecule has 0 aliphatic carbocycles. The van der Waals surface area contributed by atoms with Crippen LogP contribution in [0.3, 0.4) is 0 Å². The molecule has 2 aromatic heterocycles. The van der Waals surface area contributed by atoms with E-state index in [-0.39, 0.29) is 35.6 Å². The van der Waals surface area contributed by atoms with Crippen molar-refractivity contribution in [3.63, 3.8) is 0 Å². The van der Waals surface area contributed by atoms with Gasteiger partial charge in [-0.2, -0.15) is 33.2 Å². The van der Waals surface area contributed by atoms with Gasteiger partial charge in [-0.3, -0.25) is 14.5 Å². The number of carbonyl (C=O) groups excluding carboxylic acids is 1. The van der Waals surface area contributed by atoms with Gasteiger partial charge in [-0.1, -0.05) is 26.5 Å². The number of aromatic nitrogens is 4. The summed E-state index contributed by atoms with van der Waals surface area (Å²) in [5.41, 5.74) is -1.64. The number of nitriles is 1. The molecule has 2 fully saturated rings. The molecule has 1 amide bonds. The van der Waals surface area contributed by atoms with Gasteiger partial charge in [0, 0.05) is 38.8 Å². The van der Waals surface area contributed by atoms with E-state index >= 15 is 0 Å². The number of hydrogen-bond donors (Lipinski definition) is 0. The summed E-state index contributed by atoms with van der Waals surface area (Å²) in [5.74, 6) is 0.470. The zero-order valence-corrected chi connectivity index (χ0v) is 24.9. The minimum Gasteiger partial charge on any atom is -0.352 e. The zero-order valence-electron chi connectivity index (χ0n) is 24.9. The van der Waals surface area contributed by atoms with E-state index < -0.39 is 23.3 Å². The van der Waals surface area contributed by atoms with Gasteiger partial charge in [0.05, 0.1) is 41.4 Å². The van der Waals surface area contributed by atoms with Crippen LogP contribution in [0.4, 0.5) is 24.9 Å². The van der Waals surface area contributed by atoms with Gasteiger partial charge in [0.25, 0.3) is 5.56 Å². The summed E-state index contributed by atoms with van der Waals surface area (Å²) in [6.07, 6.45) is -1.90. The van der Waals surface area contributed by atoms with Crippen LogP contribution in [0.15, 0.2) is 41.8 Å². The average Bonchev–Trinajstić information content (AvgIpc) is 2.98. The number of carbonyl (C=O) groups is 1. The van der Waals surface area contributed by atoms with Gasteiger partial charge >= 0.3 is 6.18 Å². The van der Waals surface area contributed by atoms with Crippen LogP contribution >= 0.6 is 0 Å². The first-order valence-corrected chi connectivity index (χ1v) is 14.5. The summed E-state index contributed by atoms with van der Waals surface area (Å²) in [6, 6.07) is 5.62. The van der Waals surface area contributed by atoms with Gasteiger partial charge in [0.2, 0.25) is 11.9 Å². The molecule has 0 N–H and O–H groups in total. The van der Waals surface area contributed by atoms with Crippen LogP contribution in [0.1, 0.15) is 31.4 Å². The Morgan fingerprint density at radius 1 is 1.16 bits per heavy atom. The molecule has 232 valence electrons. The summed E-state index contributed by atoms with van der Waals surface area (Å²) in [4.78, 5) is 43.7. The predicted molar refractivity (Wildman–Crippen MR) is 160 cm³/mol. The van der Waals surface area contributed by atoms with Gasteiger partial charge in [0.15, 0.2) is 0 Å². The molecule has 4 heterocycles. The van der Waals surface area contributed by atoms with E-state index in [1.807, 2.05) is 9.80 Å². The maximum atomic E-state index is 13.9. The van der Waals surface area contributed by atoms with Gasteiger partial charge in [-0.25, -0.2) is 4.98 Å². The molecular formula is C30H34F3N9O2. The molecule has 44 heavy (non-hydrogen) atoms. The van der Waals surface area contributed by atoms with Crippen LogP contribution in [0.5, 0.6) is 0 Å². The second-order valence-electron chi connectivity index (χ2n) is 10.9. The van der Waals surface area contributed by atoms with Crippen LogP contribution in [-0.2, 0) is 11.0 Å². The number of likely N-dealkylation sites (N-methyl/N-ethyl adjacent to an activating group) is 1. The SMILES string of the molecule is C=CC(=O)N1CCN(c2nc(N3CC(N(CC)CC)C3)nc3c(=O)n(-c4cccc(C(F)(F)F)c4C)ncc23)C[C@@H]1CC#N. The van der Waals surface area contributed by atoms with E-state index in [1.54, 1.807) is 4.90 Å². The smallest absolute Gasteiger partial charge is 0.352 e. The molecule has 1 aromatic carbocycles. The molecule has 1 atom stereocenters. The second kappa shape index (κ2) is 12.2. The van der Waals surface area contributed by atoms with Crippen LogP contribution in [0, 0.1) is 18.3 Å². The highest BCUT2D eigenvalue weighted by Crippen LogP contribution is 2.34. The monoisotopic (exact) mass is 609 g/mol. The molecule has 0 unspecified atom stereocenters. The Labute approximate surface area is 252 Å². The Bertz CT molecular complexity index is 1670. The zero-order chi connectivity index (χ0) is 31.8. The first-order chi connectivity index (χ1) is 21.0. The third-order valence-corrected chi connectivity index (χ3v) is 8.49. The number of rotatable bonds is 8. The molecular weight excluding hydrogens is 575 g/mol. The number of hydrogen-bond acceptors (Lipinski definition) is 9. The van der Waals surface area contributed by atoms with E-state index in [1.165, 1.54) is 31.3 Å². The molecule has 3 aromatic rings. The maximum absolute atomic E-state index is 13.9. The Morgan fingerprint density at radius 3 is 2.52 bits per heavy atom. The lowest BCUT2D eigenvalue weighted by Gasteiger charge is -2.45. The lowest BCUT2D eigenvalue weighted by atomic mass is 10.1. The highest BCUT2D eigenvalue weighted by Gasteiger charge is 2.36. The molecule has 2 aliphatic rings. The Hall–Kier alpha value is -4.51. The fraction of sp³-hybridized carbons (Fsp3) is 0.467. The average molecular weight is 610 g/mol. The number of halogens is 3. The Morgan fingerprint density at radius 2 is 1.89 bits per heavy atom. The lowest BCUT2D eigenvalue weighted by molar-refractivity contribution is -0.138. The Kier molecular flexibility index (Phi) is 8.60. The quantitative estimate of drug-likeness (QED) is 0.356. The number of fused-ring (bicyclic) bond motifs is 1. The molecule has 2 aliphatic heterocycles. The molecule has 0 saturated carbocycles.